The maximum absolute atomic E-state index is 6.16. The van der Waals surface area contributed by atoms with Crippen molar-refractivity contribution in [1.29, 1.82) is 0 Å². The Labute approximate surface area is 112 Å². The summed E-state index contributed by atoms with van der Waals surface area (Å²) in [6.45, 7) is 2.59. The number of hydrogen-bond acceptors (Lipinski definition) is 2. The summed E-state index contributed by atoms with van der Waals surface area (Å²) in [6, 6.07) is 13.6. The molecule has 0 atom stereocenters. The molecule has 18 heavy (non-hydrogen) atoms. The minimum Gasteiger partial charge on any atom is -0.457 e. The molecule has 0 fully saturated rings. The molecular weight excluding hydrogens is 246 g/mol. The molecule has 0 unspecified atom stereocenters. The van der Waals surface area contributed by atoms with Crippen LogP contribution in [0.4, 0.5) is 0 Å². The summed E-state index contributed by atoms with van der Waals surface area (Å²) >= 11 is 6.16. The Balaban J connectivity index is 2.28. The molecule has 2 rings (SSSR count). The summed E-state index contributed by atoms with van der Waals surface area (Å²) in [4.78, 5) is 0. The SMILES string of the molecule is Cc1ccc(Oc2cccc(Cl)c2CCN)cc1. The fraction of sp³-hybridized carbons (Fsp3) is 0.200. The highest BCUT2D eigenvalue weighted by Gasteiger charge is 2.08. The monoisotopic (exact) mass is 261 g/mol. The Bertz CT molecular complexity index is 523. The molecule has 0 saturated heterocycles. The standard InChI is InChI=1S/C15H16ClNO/c1-11-5-7-12(8-6-11)18-15-4-2-3-14(16)13(15)9-10-17/h2-8H,9-10,17H2,1H3. The Morgan fingerprint density at radius 3 is 2.50 bits per heavy atom. The van der Waals surface area contributed by atoms with E-state index in [0.717, 1.165) is 17.1 Å². The number of ether oxygens (including phenoxy) is 1. The van der Waals surface area contributed by atoms with Gasteiger partial charge in [-0.25, -0.2) is 0 Å². The summed E-state index contributed by atoms with van der Waals surface area (Å²) in [5, 5.41) is 0.699. The van der Waals surface area contributed by atoms with E-state index in [2.05, 4.69) is 0 Å². The Morgan fingerprint density at radius 1 is 1.11 bits per heavy atom. The van der Waals surface area contributed by atoms with Crippen LogP contribution in [-0.4, -0.2) is 6.54 Å². The second kappa shape index (κ2) is 5.89. The van der Waals surface area contributed by atoms with Crippen LogP contribution in [-0.2, 0) is 6.42 Å². The first kappa shape index (κ1) is 12.9. The molecule has 2 aromatic rings. The molecule has 0 aliphatic heterocycles. The van der Waals surface area contributed by atoms with Crippen molar-refractivity contribution in [2.75, 3.05) is 6.54 Å². The fourth-order valence-electron chi connectivity index (χ4n) is 1.75. The summed E-state index contributed by atoms with van der Waals surface area (Å²) in [6.07, 6.45) is 0.709. The highest BCUT2D eigenvalue weighted by molar-refractivity contribution is 6.31. The van der Waals surface area contributed by atoms with Gasteiger partial charge in [0.1, 0.15) is 11.5 Å². The van der Waals surface area contributed by atoms with Crippen LogP contribution in [0.3, 0.4) is 0 Å². The first-order valence-corrected chi connectivity index (χ1v) is 6.30. The number of halogens is 1. The van der Waals surface area contributed by atoms with Gasteiger partial charge < -0.3 is 10.5 Å². The van der Waals surface area contributed by atoms with Crippen LogP contribution >= 0.6 is 11.6 Å². The Kier molecular flexibility index (Phi) is 4.24. The lowest BCUT2D eigenvalue weighted by Gasteiger charge is -2.12. The lowest BCUT2D eigenvalue weighted by Crippen LogP contribution is -2.04. The summed E-state index contributed by atoms with van der Waals surface area (Å²) < 4.78 is 5.86. The molecule has 2 N–H and O–H groups in total. The van der Waals surface area contributed by atoms with Crippen molar-refractivity contribution < 1.29 is 4.74 Å². The van der Waals surface area contributed by atoms with E-state index >= 15 is 0 Å². The number of hydrogen-bond donors (Lipinski definition) is 1. The van der Waals surface area contributed by atoms with Gasteiger partial charge in [0.2, 0.25) is 0 Å². The molecule has 0 bridgehead atoms. The Morgan fingerprint density at radius 2 is 1.83 bits per heavy atom. The van der Waals surface area contributed by atoms with Crippen LogP contribution in [0.5, 0.6) is 11.5 Å². The lowest BCUT2D eigenvalue weighted by atomic mass is 10.1. The molecule has 0 aliphatic rings. The molecule has 0 aromatic heterocycles. The van der Waals surface area contributed by atoms with E-state index in [4.69, 9.17) is 22.1 Å². The number of rotatable bonds is 4. The molecule has 0 heterocycles. The second-order valence-corrected chi connectivity index (χ2v) is 4.58. The van der Waals surface area contributed by atoms with Crippen molar-refractivity contribution >= 4 is 11.6 Å². The van der Waals surface area contributed by atoms with Gasteiger partial charge in [0.25, 0.3) is 0 Å². The normalized spacial score (nSPS) is 10.4. The molecule has 0 aliphatic carbocycles. The predicted molar refractivity (Wildman–Crippen MR) is 75.5 cm³/mol. The van der Waals surface area contributed by atoms with Crippen molar-refractivity contribution in [3.63, 3.8) is 0 Å². The van der Waals surface area contributed by atoms with Gasteiger partial charge >= 0.3 is 0 Å². The summed E-state index contributed by atoms with van der Waals surface area (Å²) in [5.41, 5.74) is 7.76. The van der Waals surface area contributed by atoms with Crippen LogP contribution in [0.2, 0.25) is 5.02 Å². The van der Waals surface area contributed by atoms with E-state index in [1.165, 1.54) is 5.56 Å². The van der Waals surface area contributed by atoms with Gasteiger partial charge in [-0.2, -0.15) is 0 Å². The van der Waals surface area contributed by atoms with Crippen molar-refractivity contribution in [2.24, 2.45) is 5.73 Å². The van der Waals surface area contributed by atoms with Gasteiger partial charge in [0.15, 0.2) is 0 Å². The van der Waals surface area contributed by atoms with Gasteiger partial charge in [-0.1, -0.05) is 35.4 Å². The van der Waals surface area contributed by atoms with Crippen LogP contribution < -0.4 is 10.5 Å². The van der Waals surface area contributed by atoms with Crippen molar-refractivity contribution in [2.45, 2.75) is 13.3 Å². The summed E-state index contributed by atoms with van der Waals surface area (Å²) in [7, 11) is 0. The van der Waals surface area contributed by atoms with Crippen LogP contribution in [0.15, 0.2) is 42.5 Å². The molecule has 2 aromatic carbocycles. The first-order valence-electron chi connectivity index (χ1n) is 5.92. The third-order valence-electron chi connectivity index (χ3n) is 2.72. The van der Waals surface area contributed by atoms with E-state index in [-0.39, 0.29) is 0 Å². The predicted octanol–water partition coefficient (Wildman–Crippen LogP) is 3.94. The fourth-order valence-corrected chi connectivity index (χ4v) is 2.02. The molecule has 0 radical (unpaired) electrons. The van der Waals surface area contributed by atoms with Crippen LogP contribution in [0, 0.1) is 6.92 Å². The van der Waals surface area contributed by atoms with Gasteiger partial charge in [-0.05, 0) is 44.2 Å². The van der Waals surface area contributed by atoms with E-state index in [0.29, 0.717) is 18.0 Å². The lowest BCUT2D eigenvalue weighted by molar-refractivity contribution is 0.476. The molecule has 0 saturated carbocycles. The minimum absolute atomic E-state index is 0.550. The molecule has 0 amide bonds. The minimum atomic E-state index is 0.550. The second-order valence-electron chi connectivity index (χ2n) is 4.17. The zero-order valence-electron chi connectivity index (χ0n) is 10.3. The van der Waals surface area contributed by atoms with E-state index in [9.17, 15) is 0 Å². The smallest absolute Gasteiger partial charge is 0.132 e. The third kappa shape index (κ3) is 3.03. The van der Waals surface area contributed by atoms with Crippen LogP contribution in [0.25, 0.3) is 0 Å². The zero-order valence-corrected chi connectivity index (χ0v) is 11.1. The molecule has 0 spiro atoms. The quantitative estimate of drug-likeness (QED) is 0.905. The molecule has 2 nitrogen and oxygen atoms in total. The van der Waals surface area contributed by atoms with Crippen LogP contribution in [0.1, 0.15) is 11.1 Å². The highest BCUT2D eigenvalue weighted by Crippen LogP contribution is 2.30. The number of aryl methyl sites for hydroxylation is 1. The molecule has 94 valence electrons. The average molecular weight is 262 g/mol. The summed E-state index contributed by atoms with van der Waals surface area (Å²) in [5.74, 6) is 1.58. The first-order chi connectivity index (χ1) is 8.70. The zero-order chi connectivity index (χ0) is 13.0. The maximum atomic E-state index is 6.16. The van der Waals surface area contributed by atoms with E-state index < -0.39 is 0 Å². The highest BCUT2D eigenvalue weighted by atomic mass is 35.5. The van der Waals surface area contributed by atoms with Crippen molar-refractivity contribution in [1.82, 2.24) is 0 Å². The number of benzene rings is 2. The molecular formula is C15H16ClNO. The molecule has 3 heteroatoms. The maximum Gasteiger partial charge on any atom is 0.132 e. The van der Waals surface area contributed by atoms with Gasteiger partial charge in [-0.3, -0.25) is 0 Å². The topological polar surface area (TPSA) is 35.2 Å². The largest absolute Gasteiger partial charge is 0.457 e. The average Bonchev–Trinajstić information content (AvgIpc) is 2.36. The van der Waals surface area contributed by atoms with Crippen molar-refractivity contribution in [3.05, 3.63) is 58.6 Å². The van der Waals surface area contributed by atoms with E-state index in [1.807, 2.05) is 49.4 Å². The Hall–Kier alpha value is -1.51. The van der Waals surface area contributed by atoms with E-state index in [1.54, 1.807) is 0 Å². The number of nitrogens with two attached hydrogens (primary N) is 1. The van der Waals surface area contributed by atoms with Gasteiger partial charge in [0.05, 0.1) is 0 Å². The van der Waals surface area contributed by atoms with Crippen molar-refractivity contribution in [3.8, 4) is 11.5 Å². The van der Waals surface area contributed by atoms with Gasteiger partial charge in [-0.15, -0.1) is 0 Å². The van der Waals surface area contributed by atoms with Gasteiger partial charge in [0, 0.05) is 10.6 Å². The third-order valence-corrected chi connectivity index (χ3v) is 3.07.